The van der Waals surface area contributed by atoms with E-state index in [-0.39, 0.29) is 47.0 Å². The number of aromatic nitrogens is 2. The number of hydrogen-bond donors (Lipinski definition) is 1. The Labute approximate surface area is 168 Å². The van der Waals surface area contributed by atoms with Crippen LogP contribution in [-0.2, 0) is 16.4 Å². The first-order valence-electron chi connectivity index (χ1n) is 8.62. The summed E-state index contributed by atoms with van der Waals surface area (Å²) in [7, 11) is -3.83. The van der Waals surface area contributed by atoms with Crippen LogP contribution in [-0.4, -0.2) is 59.9 Å². The maximum atomic E-state index is 12.9. The van der Waals surface area contributed by atoms with Crippen molar-refractivity contribution in [2.45, 2.75) is 24.7 Å². The summed E-state index contributed by atoms with van der Waals surface area (Å²) < 4.78 is 27.1. The highest BCUT2D eigenvalue weighted by Gasteiger charge is 2.33. The molecule has 1 aromatic heterocycles. The molecule has 1 N–H and O–H groups in total. The molecule has 0 radical (unpaired) electrons. The second-order valence-electron chi connectivity index (χ2n) is 6.28. The molecule has 27 heavy (non-hydrogen) atoms. The van der Waals surface area contributed by atoms with Crippen LogP contribution in [0.5, 0.6) is 0 Å². The Morgan fingerprint density at radius 3 is 2.41 bits per heavy atom. The first-order valence-corrected chi connectivity index (χ1v) is 10.8. The maximum absolute atomic E-state index is 12.9. The van der Waals surface area contributed by atoms with Crippen molar-refractivity contribution < 1.29 is 13.2 Å². The molecule has 1 fully saturated rings. The second-order valence-corrected chi connectivity index (χ2v) is 8.96. The maximum Gasteiger partial charge on any atom is 0.274 e. The molecule has 1 saturated heterocycles. The van der Waals surface area contributed by atoms with Crippen molar-refractivity contribution >= 4 is 39.1 Å². The standard InChI is InChI=1S/C17H20Cl2N4O3S/c1-2-4-12-11-15(21-20-12)17(24)22-7-9-23(10-8-22)27(25,26)16-13(18)5-3-6-14(16)19/h3,5-6,11H,2,4,7-10H2,1H3,(H,20,21). The topological polar surface area (TPSA) is 86.4 Å². The largest absolute Gasteiger partial charge is 0.335 e. The molecule has 1 aromatic carbocycles. The average molecular weight is 431 g/mol. The van der Waals surface area contributed by atoms with Gasteiger partial charge >= 0.3 is 0 Å². The lowest BCUT2D eigenvalue weighted by Crippen LogP contribution is -2.50. The summed E-state index contributed by atoms with van der Waals surface area (Å²) in [5.74, 6) is -0.207. The van der Waals surface area contributed by atoms with Crippen LogP contribution in [0.4, 0.5) is 0 Å². The number of benzene rings is 1. The fourth-order valence-electron chi connectivity index (χ4n) is 3.02. The molecule has 0 saturated carbocycles. The number of nitrogens with one attached hydrogen (secondary N) is 1. The van der Waals surface area contributed by atoms with E-state index in [1.165, 1.54) is 16.4 Å². The first-order chi connectivity index (χ1) is 12.8. The summed E-state index contributed by atoms with van der Waals surface area (Å²) in [6.45, 7) is 2.93. The Balaban J connectivity index is 1.70. The number of rotatable bonds is 5. The number of carbonyl (C=O) groups is 1. The van der Waals surface area contributed by atoms with Gasteiger partial charge in [0.25, 0.3) is 5.91 Å². The fourth-order valence-corrected chi connectivity index (χ4v) is 5.53. The Morgan fingerprint density at radius 1 is 1.19 bits per heavy atom. The lowest BCUT2D eigenvalue weighted by atomic mass is 10.2. The van der Waals surface area contributed by atoms with E-state index in [4.69, 9.17) is 23.2 Å². The third-order valence-corrected chi connectivity index (χ3v) is 7.27. The van der Waals surface area contributed by atoms with Crippen LogP contribution in [0, 0.1) is 0 Å². The monoisotopic (exact) mass is 430 g/mol. The molecular weight excluding hydrogens is 411 g/mol. The van der Waals surface area contributed by atoms with Crippen LogP contribution in [0.25, 0.3) is 0 Å². The van der Waals surface area contributed by atoms with Gasteiger partial charge in [-0.3, -0.25) is 9.89 Å². The summed E-state index contributed by atoms with van der Waals surface area (Å²) in [6, 6.07) is 6.33. The van der Waals surface area contributed by atoms with Gasteiger partial charge in [-0.15, -0.1) is 0 Å². The number of H-pyrrole nitrogens is 1. The predicted octanol–water partition coefficient (Wildman–Crippen LogP) is 2.82. The van der Waals surface area contributed by atoms with Crippen molar-refractivity contribution in [1.29, 1.82) is 0 Å². The summed E-state index contributed by atoms with van der Waals surface area (Å²) in [4.78, 5) is 14.1. The number of nitrogens with zero attached hydrogens (tertiary/aromatic N) is 3. The SMILES string of the molecule is CCCc1cc(C(=O)N2CCN(S(=O)(=O)c3c(Cl)cccc3Cl)CC2)n[nH]1. The first kappa shape index (κ1) is 20.1. The molecule has 0 unspecified atom stereocenters. The lowest BCUT2D eigenvalue weighted by molar-refractivity contribution is 0.0692. The summed E-state index contributed by atoms with van der Waals surface area (Å²) in [6.07, 6.45) is 1.78. The summed E-state index contributed by atoms with van der Waals surface area (Å²) in [5.41, 5.74) is 1.26. The molecule has 0 atom stereocenters. The molecule has 2 heterocycles. The number of amides is 1. The molecule has 1 amide bonds. The van der Waals surface area contributed by atoms with Gasteiger partial charge in [0.05, 0.1) is 10.0 Å². The van der Waals surface area contributed by atoms with E-state index in [0.717, 1.165) is 18.5 Å². The van der Waals surface area contributed by atoms with E-state index in [1.54, 1.807) is 17.0 Å². The van der Waals surface area contributed by atoms with Crippen molar-refractivity contribution in [2.75, 3.05) is 26.2 Å². The smallest absolute Gasteiger partial charge is 0.274 e. The molecule has 3 rings (SSSR count). The van der Waals surface area contributed by atoms with Crippen molar-refractivity contribution in [1.82, 2.24) is 19.4 Å². The molecule has 146 valence electrons. The second kappa shape index (κ2) is 8.18. The normalized spacial score (nSPS) is 15.9. The highest BCUT2D eigenvalue weighted by Crippen LogP contribution is 2.31. The molecule has 0 spiro atoms. The highest BCUT2D eigenvalue weighted by atomic mass is 35.5. The average Bonchev–Trinajstić information content (AvgIpc) is 3.10. The number of halogens is 2. The molecule has 1 aliphatic rings. The van der Waals surface area contributed by atoms with Crippen molar-refractivity contribution in [3.8, 4) is 0 Å². The minimum Gasteiger partial charge on any atom is -0.335 e. The minimum absolute atomic E-state index is 0.0842. The van der Waals surface area contributed by atoms with E-state index in [2.05, 4.69) is 10.2 Å². The van der Waals surface area contributed by atoms with E-state index >= 15 is 0 Å². The lowest BCUT2D eigenvalue weighted by Gasteiger charge is -2.33. The molecule has 10 heteroatoms. The van der Waals surface area contributed by atoms with Gasteiger partial charge in [0.1, 0.15) is 10.6 Å². The van der Waals surface area contributed by atoms with Gasteiger partial charge < -0.3 is 4.90 Å². The zero-order valence-corrected chi connectivity index (χ0v) is 17.1. The van der Waals surface area contributed by atoms with Gasteiger partial charge in [0.15, 0.2) is 0 Å². The summed E-state index contributed by atoms with van der Waals surface area (Å²) >= 11 is 12.1. The molecule has 1 aliphatic heterocycles. The van der Waals surface area contributed by atoms with E-state index in [1.807, 2.05) is 6.92 Å². The summed E-state index contributed by atoms with van der Waals surface area (Å²) in [5, 5.41) is 7.09. The third kappa shape index (κ3) is 4.13. The number of hydrogen-bond acceptors (Lipinski definition) is 4. The molecule has 0 aliphatic carbocycles. The van der Waals surface area contributed by atoms with Crippen LogP contribution in [0.1, 0.15) is 29.5 Å². The van der Waals surface area contributed by atoms with E-state index in [9.17, 15) is 13.2 Å². The van der Waals surface area contributed by atoms with Crippen molar-refractivity contribution in [3.05, 3.63) is 45.7 Å². The van der Waals surface area contributed by atoms with Gasteiger partial charge in [-0.05, 0) is 24.6 Å². The van der Waals surface area contributed by atoms with E-state index in [0.29, 0.717) is 5.69 Å². The Morgan fingerprint density at radius 2 is 1.81 bits per heavy atom. The van der Waals surface area contributed by atoms with Crippen molar-refractivity contribution in [2.24, 2.45) is 0 Å². The van der Waals surface area contributed by atoms with Crippen LogP contribution < -0.4 is 0 Å². The van der Waals surface area contributed by atoms with Crippen LogP contribution >= 0.6 is 23.2 Å². The molecule has 0 bridgehead atoms. The van der Waals surface area contributed by atoms with Gasteiger partial charge in [0, 0.05) is 31.9 Å². The molecule has 7 nitrogen and oxygen atoms in total. The Bertz CT molecular complexity index is 917. The quantitative estimate of drug-likeness (QED) is 0.789. The number of carbonyl (C=O) groups excluding carboxylic acids is 1. The zero-order chi connectivity index (χ0) is 19.6. The van der Waals surface area contributed by atoms with Crippen LogP contribution in [0.2, 0.25) is 10.0 Å². The van der Waals surface area contributed by atoms with Crippen molar-refractivity contribution in [3.63, 3.8) is 0 Å². The Hall–Kier alpha value is -1.61. The van der Waals surface area contributed by atoms with Gasteiger partial charge in [-0.2, -0.15) is 9.40 Å². The number of piperazine rings is 1. The van der Waals surface area contributed by atoms with Gasteiger partial charge in [-0.25, -0.2) is 8.42 Å². The minimum atomic E-state index is -3.83. The van der Waals surface area contributed by atoms with Crippen LogP contribution in [0.15, 0.2) is 29.2 Å². The zero-order valence-electron chi connectivity index (χ0n) is 14.8. The molecular formula is C17H20Cl2N4O3S. The highest BCUT2D eigenvalue weighted by molar-refractivity contribution is 7.89. The number of sulfonamides is 1. The van der Waals surface area contributed by atoms with Gasteiger partial charge in [-0.1, -0.05) is 42.6 Å². The van der Waals surface area contributed by atoms with E-state index < -0.39 is 10.0 Å². The third-order valence-electron chi connectivity index (χ3n) is 4.41. The fraction of sp³-hybridized carbons (Fsp3) is 0.412. The molecule has 2 aromatic rings. The predicted molar refractivity (Wildman–Crippen MR) is 104 cm³/mol. The number of aromatic amines is 1. The Kier molecular flexibility index (Phi) is 6.10. The number of aryl methyl sites for hydroxylation is 1. The van der Waals surface area contributed by atoms with Crippen LogP contribution in [0.3, 0.4) is 0 Å². The van der Waals surface area contributed by atoms with Gasteiger partial charge in [0.2, 0.25) is 10.0 Å².